The maximum atomic E-state index is 14.5. The van der Waals surface area contributed by atoms with Crippen LogP contribution in [0.25, 0.3) is 22.5 Å². The minimum absolute atomic E-state index is 0.246. The summed E-state index contributed by atoms with van der Waals surface area (Å²) >= 11 is 0. The molecule has 0 radical (unpaired) electrons. The molecule has 0 amide bonds. The van der Waals surface area contributed by atoms with E-state index in [1.54, 1.807) is 51.3 Å². The second-order valence-electron chi connectivity index (χ2n) is 7.30. The maximum Gasteiger partial charge on any atom is 0.132 e. The van der Waals surface area contributed by atoms with E-state index >= 15 is 0 Å². The van der Waals surface area contributed by atoms with Crippen LogP contribution in [0.1, 0.15) is 5.56 Å². The van der Waals surface area contributed by atoms with Gasteiger partial charge in [-0.25, -0.2) is 4.39 Å². The van der Waals surface area contributed by atoms with Gasteiger partial charge in [0.2, 0.25) is 0 Å². The molecule has 170 valence electrons. The highest BCUT2D eigenvalue weighted by molar-refractivity contribution is 5.76. The van der Waals surface area contributed by atoms with Gasteiger partial charge < -0.3 is 18.9 Å². The Morgan fingerprint density at radius 3 is 1.94 bits per heavy atom. The third kappa shape index (κ3) is 4.48. The summed E-state index contributed by atoms with van der Waals surface area (Å²) in [6.45, 7) is 0.246. The first-order valence-electron chi connectivity index (χ1n) is 10.3. The van der Waals surface area contributed by atoms with Gasteiger partial charge in [0, 0.05) is 28.8 Å². The van der Waals surface area contributed by atoms with Crippen LogP contribution < -0.4 is 18.9 Å². The number of aromatic nitrogens is 2. The van der Waals surface area contributed by atoms with Crippen LogP contribution >= 0.6 is 0 Å². The molecule has 4 aromatic rings. The Morgan fingerprint density at radius 1 is 0.727 bits per heavy atom. The molecule has 0 aliphatic carbocycles. The summed E-state index contributed by atoms with van der Waals surface area (Å²) in [5, 5.41) is 4.82. The first kappa shape index (κ1) is 22.2. The molecule has 0 N–H and O–H groups in total. The van der Waals surface area contributed by atoms with Crippen LogP contribution in [-0.2, 0) is 6.54 Å². The van der Waals surface area contributed by atoms with Gasteiger partial charge in [-0.05, 0) is 36.4 Å². The van der Waals surface area contributed by atoms with Crippen LogP contribution in [0.3, 0.4) is 0 Å². The van der Waals surface area contributed by atoms with Crippen molar-refractivity contribution in [2.75, 3.05) is 28.4 Å². The number of benzene rings is 3. The Hall–Kier alpha value is -4.00. The second-order valence-corrected chi connectivity index (χ2v) is 7.30. The van der Waals surface area contributed by atoms with E-state index in [9.17, 15) is 4.39 Å². The van der Waals surface area contributed by atoms with Crippen molar-refractivity contribution < 1.29 is 23.3 Å². The Morgan fingerprint density at radius 2 is 1.33 bits per heavy atom. The molecule has 0 saturated heterocycles. The van der Waals surface area contributed by atoms with Crippen molar-refractivity contribution in [3.05, 3.63) is 78.1 Å². The molecule has 7 heteroatoms. The predicted octanol–water partition coefficient (Wildman–Crippen LogP) is 5.44. The van der Waals surface area contributed by atoms with Crippen molar-refractivity contribution in [3.63, 3.8) is 0 Å². The summed E-state index contributed by atoms with van der Waals surface area (Å²) in [6.07, 6.45) is 0. The first-order chi connectivity index (χ1) is 16.1. The number of rotatable bonds is 8. The van der Waals surface area contributed by atoms with E-state index in [0.29, 0.717) is 34.3 Å². The van der Waals surface area contributed by atoms with Crippen molar-refractivity contribution in [1.29, 1.82) is 0 Å². The number of hydrogen-bond donors (Lipinski definition) is 0. The highest BCUT2D eigenvalue weighted by atomic mass is 19.1. The standard InChI is InChI=1S/C26H25FN2O4/c1-30-18-9-11-20(25(13-18)32-3)23-15-24(21-12-10-19(31-2)14-26(21)33-4)29(28-23)16-17-7-5-6-8-22(17)27/h5-15H,16H2,1-4H3. The number of hydrogen-bond acceptors (Lipinski definition) is 5. The number of ether oxygens (including phenoxy) is 4. The van der Waals surface area contributed by atoms with Gasteiger partial charge in [-0.1, -0.05) is 18.2 Å². The molecule has 4 rings (SSSR count). The van der Waals surface area contributed by atoms with Crippen LogP contribution in [-0.4, -0.2) is 38.2 Å². The van der Waals surface area contributed by atoms with Crippen molar-refractivity contribution in [3.8, 4) is 45.5 Å². The van der Waals surface area contributed by atoms with Gasteiger partial charge in [0.25, 0.3) is 0 Å². The van der Waals surface area contributed by atoms with Gasteiger partial charge >= 0.3 is 0 Å². The van der Waals surface area contributed by atoms with Crippen LogP contribution in [0, 0.1) is 5.82 Å². The fraction of sp³-hybridized carbons (Fsp3) is 0.192. The minimum Gasteiger partial charge on any atom is -0.497 e. The summed E-state index contributed by atoms with van der Waals surface area (Å²) in [5.74, 6) is 2.31. The molecule has 1 aromatic heterocycles. The zero-order valence-corrected chi connectivity index (χ0v) is 19.0. The molecule has 1 heterocycles. The van der Waals surface area contributed by atoms with Gasteiger partial charge in [0.05, 0.1) is 46.4 Å². The van der Waals surface area contributed by atoms with E-state index in [4.69, 9.17) is 24.0 Å². The maximum absolute atomic E-state index is 14.5. The molecule has 0 saturated carbocycles. The first-order valence-corrected chi connectivity index (χ1v) is 10.3. The second kappa shape index (κ2) is 9.65. The Kier molecular flexibility index (Phi) is 6.49. The summed E-state index contributed by atoms with van der Waals surface area (Å²) in [5.41, 5.74) is 3.58. The molecule has 33 heavy (non-hydrogen) atoms. The molecule has 0 spiro atoms. The number of nitrogens with zero attached hydrogens (tertiary/aromatic N) is 2. The Balaban J connectivity index is 1.89. The summed E-state index contributed by atoms with van der Waals surface area (Å²) in [4.78, 5) is 0. The van der Waals surface area contributed by atoms with Crippen LogP contribution in [0.15, 0.2) is 66.7 Å². The van der Waals surface area contributed by atoms with Gasteiger partial charge in [0.1, 0.15) is 28.8 Å². The van der Waals surface area contributed by atoms with Gasteiger partial charge in [-0.3, -0.25) is 4.68 Å². The van der Waals surface area contributed by atoms with E-state index in [2.05, 4.69) is 0 Å². The lowest BCUT2D eigenvalue weighted by molar-refractivity contribution is 0.395. The van der Waals surface area contributed by atoms with Gasteiger partial charge in [0.15, 0.2) is 0 Å². The zero-order chi connectivity index (χ0) is 23.4. The lowest BCUT2D eigenvalue weighted by Gasteiger charge is -2.13. The quantitative estimate of drug-likeness (QED) is 0.359. The van der Waals surface area contributed by atoms with E-state index in [1.165, 1.54) is 6.07 Å². The van der Waals surface area contributed by atoms with Crippen molar-refractivity contribution in [1.82, 2.24) is 9.78 Å². The fourth-order valence-corrected chi connectivity index (χ4v) is 3.69. The van der Waals surface area contributed by atoms with Gasteiger partial charge in [-0.15, -0.1) is 0 Å². The van der Waals surface area contributed by atoms with Gasteiger partial charge in [-0.2, -0.15) is 5.10 Å². The number of halogens is 1. The molecular formula is C26H25FN2O4. The lowest BCUT2D eigenvalue weighted by atomic mass is 10.1. The third-order valence-electron chi connectivity index (χ3n) is 5.43. The molecule has 0 bridgehead atoms. The van der Waals surface area contributed by atoms with Crippen LogP contribution in [0.4, 0.5) is 4.39 Å². The van der Waals surface area contributed by atoms with Crippen LogP contribution in [0.5, 0.6) is 23.0 Å². The molecule has 0 atom stereocenters. The third-order valence-corrected chi connectivity index (χ3v) is 5.43. The Labute approximate surface area is 192 Å². The largest absolute Gasteiger partial charge is 0.497 e. The normalized spacial score (nSPS) is 10.7. The zero-order valence-electron chi connectivity index (χ0n) is 19.0. The molecule has 0 aliphatic rings. The smallest absolute Gasteiger partial charge is 0.132 e. The molecule has 6 nitrogen and oxygen atoms in total. The van der Waals surface area contributed by atoms with E-state index in [0.717, 1.165) is 16.8 Å². The topological polar surface area (TPSA) is 54.7 Å². The van der Waals surface area contributed by atoms with Crippen molar-refractivity contribution in [2.24, 2.45) is 0 Å². The van der Waals surface area contributed by atoms with Crippen LogP contribution in [0.2, 0.25) is 0 Å². The lowest BCUT2D eigenvalue weighted by Crippen LogP contribution is -2.06. The molecule has 0 unspecified atom stereocenters. The Bertz CT molecular complexity index is 1270. The fourth-order valence-electron chi connectivity index (χ4n) is 3.69. The van der Waals surface area contributed by atoms with E-state index in [1.807, 2.05) is 42.5 Å². The average Bonchev–Trinajstić information content (AvgIpc) is 3.27. The van der Waals surface area contributed by atoms with Crippen molar-refractivity contribution in [2.45, 2.75) is 6.54 Å². The minimum atomic E-state index is -0.288. The monoisotopic (exact) mass is 448 g/mol. The highest BCUT2D eigenvalue weighted by Gasteiger charge is 2.19. The average molecular weight is 448 g/mol. The van der Waals surface area contributed by atoms with E-state index in [-0.39, 0.29) is 12.4 Å². The summed E-state index contributed by atoms with van der Waals surface area (Å²) in [7, 11) is 6.40. The highest BCUT2D eigenvalue weighted by Crippen LogP contribution is 2.38. The molecule has 3 aromatic carbocycles. The number of methoxy groups -OCH3 is 4. The summed E-state index contributed by atoms with van der Waals surface area (Å²) < 4.78 is 38.1. The van der Waals surface area contributed by atoms with Crippen molar-refractivity contribution >= 4 is 0 Å². The molecule has 0 aliphatic heterocycles. The summed E-state index contributed by atoms with van der Waals surface area (Å²) in [6, 6.07) is 19.7. The van der Waals surface area contributed by atoms with E-state index < -0.39 is 0 Å². The molecular weight excluding hydrogens is 423 g/mol. The molecule has 0 fully saturated rings. The SMILES string of the molecule is COc1ccc(-c2cc(-c3ccc(OC)cc3OC)n(Cc3ccccc3F)n2)c(OC)c1. The predicted molar refractivity (Wildman–Crippen MR) is 125 cm³/mol.